The van der Waals surface area contributed by atoms with Crippen LogP contribution < -0.4 is 4.74 Å². The normalized spacial score (nSPS) is 10.8. The number of thiophene rings is 1. The van der Waals surface area contributed by atoms with E-state index in [1.54, 1.807) is 11.3 Å². The van der Waals surface area contributed by atoms with Gasteiger partial charge in [0.25, 0.3) is 0 Å². The highest BCUT2D eigenvalue weighted by atomic mass is 127. The fourth-order valence-corrected chi connectivity index (χ4v) is 3.43. The van der Waals surface area contributed by atoms with Crippen molar-refractivity contribution < 1.29 is 4.74 Å². The van der Waals surface area contributed by atoms with Crippen LogP contribution in [-0.4, -0.2) is 6.61 Å². The van der Waals surface area contributed by atoms with Crippen molar-refractivity contribution in [1.29, 1.82) is 0 Å². The van der Waals surface area contributed by atoms with Gasteiger partial charge in [-0.05, 0) is 57.6 Å². The van der Waals surface area contributed by atoms with Crippen molar-refractivity contribution in [2.24, 2.45) is 0 Å². The molecule has 0 N–H and O–H groups in total. The molecule has 0 saturated carbocycles. The summed E-state index contributed by atoms with van der Waals surface area (Å²) in [4.78, 5) is 0. The predicted molar refractivity (Wildman–Crippen MR) is 73.4 cm³/mol. The van der Waals surface area contributed by atoms with Crippen LogP contribution in [0.3, 0.4) is 0 Å². The van der Waals surface area contributed by atoms with E-state index >= 15 is 0 Å². The maximum Gasteiger partial charge on any atom is 0.138 e. The van der Waals surface area contributed by atoms with Crippen molar-refractivity contribution in [3.8, 4) is 5.75 Å². The van der Waals surface area contributed by atoms with Gasteiger partial charge < -0.3 is 4.74 Å². The smallest absolute Gasteiger partial charge is 0.138 e. The Morgan fingerprint density at radius 1 is 1.50 bits per heavy atom. The van der Waals surface area contributed by atoms with E-state index in [4.69, 9.17) is 4.74 Å². The van der Waals surface area contributed by atoms with Gasteiger partial charge in [-0.3, -0.25) is 0 Å². The highest BCUT2D eigenvalue weighted by Crippen LogP contribution is 2.38. The summed E-state index contributed by atoms with van der Waals surface area (Å²) in [6.45, 7) is 2.72. The number of benzene rings is 1. The molecule has 1 heterocycles. The second-order valence-electron chi connectivity index (χ2n) is 2.77. The molecule has 4 heteroatoms. The lowest BCUT2D eigenvalue weighted by molar-refractivity contribution is 0.345. The van der Waals surface area contributed by atoms with Gasteiger partial charge in [-0.1, -0.05) is 0 Å². The SMILES string of the molecule is CCOc1csc2ccc(Br)c(I)c12. The van der Waals surface area contributed by atoms with Crippen LogP contribution in [0.4, 0.5) is 0 Å². The molecule has 74 valence electrons. The van der Waals surface area contributed by atoms with Gasteiger partial charge in [0.1, 0.15) is 5.75 Å². The summed E-state index contributed by atoms with van der Waals surface area (Å²) < 4.78 is 9.21. The first-order valence-electron chi connectivity index (χ1n) is 4.22. The number of rotatable bonds is 2. The molecule has 0 aliphatic rings. The van der Waals surface area contributed by atoms with Crippen LogP contribution >= 0.6 is 49.9 Å². The Balaban J connectivity index is 2.69. The molecule has 0 atom stereocenters. The molecule has 2 rings (SSSR count). The first-order chi connectivity index (χ1) is 6.74. The van der Waals surface area contributed by atoms with Crippen molar-refractivity contribution in [2.75, 3.05) is 6.61 Å². The van der Waals surface area contributed by atoms with Gasteiger partial charge in [-0.15, -0.1) is 11.3 Å². The van der Waals surface area contributed by atoms with Crippen LogP contribution in [0.5, 0.6) is 5.75 Å². The zero-order chi connectivity index (χ0) is 10.1. The summed E-state index contributed by atoms with van der Waals surface area (Å²) in [7, 11) is 0. The van der Waals surface area contributed by atoms with Crippen LogP contribution in [0.1, 0.15) is 6.92 Å². The monoisotopic (exact) mass is 382 g/mol. The molecule has 0 aliphatic carbocycles. The average molecular weight is 383 g/mol. The molecule has 0 fully saturated rings. The molecule has 0 unspecified atom stereocenters. The molecular weight excluding hydrogens is 375 g/mol. The minimum atomic E-state index is 0.717. The molecule has 1 aromatic heterocycles. The molecular formula is C10H8BrIOS. The first kappa shape index (κ1) is 10.7. The topological polar surface area (TPSA) is 9.23 Å². The fourth-order valence-electron chi connectivity index (χ4n) is 1.30. The van der Waals surface area contributed by atoms with Crippen LogP contribution in [0, 0.1) is 3.57 Å². The molecule has 14 heavy (non-hydrogen) atoms. The van der Waals surface area contributed by atoms with E-state index in [0.29, 0.717) is 6.61 Å². The second kappa shape index (κ2) is 4.37. The van der Waals surface area contributed by atoms with Crippen molar-refractivity contribution in [2.45, 2.75) is 6.92 Å². The van der Waals surface area contributed by atoms with Crippen LogP contribution in [0.2, 0.25) is 0 Å². The van der Waals surface area contributed by atoms with Crippen molar-refractivity contribution >= 4 is 59.9 Å². The van der Waals surface area contributed by atoms with Gasteiger partial charge >= 0.3 is 0 Å². The third-order valence-electron chi connectivity index (χ3n) is 1.90. The largest absolute Gasteiger partial charge is 0.492 e. The van der Waals surface area contributed by atoms with E-state index < -0.39 is 0 Å². The molecule has 0 bridgehead atoms. The van der Waals surface area contributed by atoms with Crippen LogP contribution in [0.15, 0.2) is 22.0 Å². The fraction of sp³-hybridized carbons (Fsp3) is 0.200. The molecule has 1 aromatic carbocycles. The average Bonchev–Trinajstić information content (AvgIpc) is 2.57. The molecule has 2 aromatic rings. The Bertz CT molecular complexity index is 466. The van der Waals surface area contributed by atoms with Crippen LogP contribution in [-0.2, 0) is 0 Å². The lowest BCUT2D eigenvalue weighted by Crippen LogP contribution is -1.90. The lowest BCUT2D eigenvalue weighted by atomic mass is 10.2. The number of ether oxygens (including phenoxy) is 1. The Morgan fingerprint density at radius 3 is 3.00 bits per heavy atom. The molecule has 0 saturated heterocycles. The van der Waals surface area contributed by atoms with Crippen molar-refractivity contribution in [3.63, 3.8) is 0 Å². The quantitative estimate of drug-likeness (QED) is 0.686. The molecule has 0 spiro atoms. The van der Waals surface area contributed by atoms with Gasteiger partial charge in [0.15, 0.2) is 0 Å². The number of halogens is 2. The van der Waals surface area contributed by atoms with Gasteiger partial charge in [0.2, 0.25) is 0 Å². The summed E-state index contributed by atoms with van der Waals surface area (Å²) >= 11 is 7.60. The second-order valence-corrected chi connectivity index (χ2v) is 5.61. The maximum absolute atomic E-state index is 5.58. The third kappa shape index (κ3) is 1.79. The summed E-state index contributed by atoms with van der Waals surface area (Å²) in [5.74, 6) is 0.998. The Labute approximate surface area is 109 Å². The third-order valence-corrected chi connectivity index (χ3v) is 5.34. The summed E-state index contributed by atoms with van der Waals surface area (Å²) in [6.07, 6.45) is 0. The minimum Gasteiger partial charge on any atom is -0.492 e. The number of fused-ring (bicyclic) bond motifs is 1. The Hall–Kier alpha value is 0.190. The highest BCUT2D eigenvalue weighted by Gasteiger charge is 2.10. The molecule has 1 nitrogen and oxygen atoms in total. The van der Waals surface area contributed by atoms with Gasteiger partial charge in [-0.2, -0.15) is 0 Å². The van der Waals surface area contributed by atoms with E-state index in [1.165, 1.54) is 13.7 Å². The Kier molecular flexibility index (Phi) is 3.34. The van der Waals surface area contributed by atoms with E-state index in [2.05, 4.69) is 56.0 Å². The van der Waals surface area contributed by atoms with Crippen molar-refractivity contribution in [1.82, 2.24) is 0 Å². The standard InChI is InChI=1S/C10H8BrIOS/c1-2-13-7-5-14-8-4-3-6(11)10(12)9(7)8/h3-5H,2H2,1H3. The zero-order valence-electron chi connectivity index (χ0n) is 7.51. The summed E-state index contributed by atoms with van der Waals surface area (Å²) in [5.41, 5.74) is 0. The lowest BCUT2D eigenvalue weighted by Gasteiger charge is -2.03. The summed E-state index contributed by atoms with van der Waals surface area (Å²) in [6, 6.07) is 4.20. The van der Waals surface area contributed by atoms with Crippen molar-refractivity contribution in [3.05, 3.63) is 25.6 Å². The highest BCUT2D eigenvalue weighted by molar-refractivity contribution is 14.1. The number of hydrogen-bond acceptors (Lipinski definition) is 2. The van der Waals surface area contributed by atoms with E-state index in [0.717, 1.165) is 10.2 Å². The molecule has 0 amide bonds. The zero-order valence-corrected chi connectivity index (χ0v) is 12.1. The summed E-state index contributed by atoms with van der Waals surface area (Å²) in [5, 5.41) is 3.30. The Morgan fingerprint density at radius 2 is 2.29 bits per heavy atom. The number of hydrogen-bond donors (Lipinski definition) is 0. The maximum atomic E-state index is 5.58. The first-order valence-corrected chi connectivity index (χ1v) is 6.97. The van der Waals surface area contributed by atoms with Crippen LogP contribution in [0.25, 0.3) is 10.1 Å². The van der Waals surface area contributed by atoms with Gasteiger partial charge in [0.05, 0.1) is 6.61 Å². The molecule has 0 radical (unpaired) electrons. The minimum absolute atomic E-state index is 0.717. The van der Waals surface area contributed by atoms with E-state index in [1.807, 2.05) is 6.92 Å². The van der Waals surface area contributed by atoms with E-state index in [9.17, 15) is 0 Å². The predicted octanol–water partition coefficient (Wildman–Crippen LogP) is 4.67. The molecule has 0 aliphatic heterocycles. The van der Waals surface area contributed by atoms with Gasteiger partial charge in [-0.25, -0.2) is 0 Å². The van der Waals surface area contributed by atoms with Gasteiger partial charge in [0, 0.05) is 23.5 Å². The van der Waals surface area contributed by atoms with E-state index in [-0.39, 0.29) is 0 Å².